The summed E-state index contributed by atoms with van der Waals surface area (Å²) in [7, 11) is 0. The van der Waals surface area contributed by atoms with Crippen LogP contribution in [0.5, 0.6) is 11.5 Å². The van der Waals surface area contributed by atoms with Gasteiger partial charge in [-0.1, -0.05) is 6.07 Å². The molecule has 0 saturated heterocycles. The van der Waals surface area contributed by atoms with Gasteiger partial charge >= 0.3 is 0 Å². The molecule has 0 atom stereocenters. The van der Waals surface area contributed by atoms with Crippen LogP contribution in [0.3, 0.4) is 0 Å². The summed E-state index contributed by atoms with van der Waals surface area (Å²) in [5, 5.41) is 3.53. The van der Waals surface area contributed by atoms with Gasteiger partial charge in [-0.3, -0.25) is 0 Å². The molecule has 1 aromatic rings. The van der Waals surface area contributed by atoms with Crippen LogP contribution in [0.25, 0.3) is 0 Å². The van der Waals surface area contributed by atoms with Gasteiger partial charge in [-0.15, -0.1) is 0 Å². The lowest BCUT2D eigenvalue weighted by Gasteiger charge is -2.09. The molecule has 3 nitrogen and oxygen atoms in total. The van der Waals surface area contributed by atoms with Gasteiger partial charge in [0.1, 0.15) is 0 Å². The van der Waals surface area contributed by atoms with Gasteiger partial charge in [-0.2, -0.15) is 0 Å². The van der Waals surface area contributed by atoms with E-state index in [2.05, 4.69) is 17.4 Å². The van der Waals surface area contributed by atoms with E-state index in [4.69, 9.17) is 9.47 Å². The average molecular weight is 233 g/mol. The topological polar surface area (TPSA) is 30.5 Å². The second-order valence-electron chi connectivity index (χ2n) is 4.81. The van der Waals surface area contributed by atoms with E-state index in [-0.39, 0.29) is 0 Å². The monoisotopic (exact) mass is 233 g/mol. The van der Waals surface area contributed by atoms with Crippen LogP contribution in [0.15, 0.2) is 18.2 Å². The molecule has 0 bridgehead atoms. The molecule has 3 heteroatoms. The predicted molar refractivity (Wildman–Crippen MR) is 66.8 cm³/mol. The third kappa shape index (κ3) is 2.91. The van der Waals surface area contributed by atoms with Crippen molar-refractivity contribution in [2.24, 2.45) is 0 Å². The molecule has 0 radical (unpaired) electrons. The average Bonchev–Trinajstić information content (AvgIpc) is 3.14. The summed E-state index contributed by atoms with van der Waals surface area (Å²) < 4.78 is 11.3. The Morgan fingerprint density at radius 1 is 1.12 bits per heavy atom. The first kappa shape index (κ1) is 10.9. The number of nitrogens with one attached hydrogen (secondary N) is 1. The largest absolute Gasteiger partial charge is 0.490 e. The number of rotatable bonds is 4. The Morgan fingerprint density at radius 3 is 2.76 bits per heavy atom. The van der Waals surface area contributed by atoms with Crippen molar-refractivity contribution in [3.8, 4) is 11.5 Å². The van der Waals surface area contributed by atoms with Crippen molar-refractivity contribution < 1.29 is 9.47 Å². The second kappa shape index (κ2) is 4.96. The zero-order valence-electron chi connectivity index (χ0n) is 10.1. The fourth-order valence-electron chi connectivity index (χ4n) is 2.07. The van der Waals surface area contributed by atoms with Gasteiger partial charge < -0.3 is 14.8 Å². The van der Waals surface area contributed by atoms with E-state index in [9.17, 15) is 0 Å². The molecule has 0 spiro atoms. The van der Waals surface area contributed by atoms with Crippen LogP contribution in [0.1, 0.15) is 24.8 Å². The van der Waals surface area contributed by atoms with Crippen molar-refractivity contribution in [1.82, 2.24) is 5.32 Å². The van der Waals surface area contributed by atoms with Crippen LogP contribution in [0.2, 0.25) is 0 Å². The molecule has 1 aromatic carbocycles. The fraction of sp³-hybridized carbons (Fsp3) is 0.571. The van der Waals surface area contributed by atoms with E-state index in [1.165, 1.54) is 18.4 Å². The fourth-order valence-corrected chi connectivity index (χ4v) is 2.07. The molecule has 0 unspecified atom stereocenters. The minimum Gasteiger partial charge on any atom is -0.490 e. The highest BCUT2D eigenvalue weighted by atomic mass is 16.5. The maximum atomic E-state index is 5.68. The molecule has 1 aliphatic heterocycles. The molecule has 0 aromatic heterocycles. The van der Waals surface area contributed by atoms with Crippen molar-refractivity contribution in [1.29, 1.82) is 0 Å². The van der Waals surface area contributed by atoms with Crippen LogP contribution in [-0.2, 0) is 6.42 Å². The SMILES string of the molecule is c1cc2c(cc1CCNC1CC1)OCCCO2. The predicted octanol–water partition coefficient (Wildman–Crippen LogP) is 2.14. The highest BCUT2D eigenvalue weighted by Gasteiger charge is 2.19. The first-order chi connectivity index (χ1) is 8.42. The molecule has 2 aliphatic rings. The van der Waals surface area contributed by atoms with Gasteiger partial charge in [0, 0.05) is 12.5 Å². The molecular formula is C14H19NO2. The maximum Gasteiger partial charge on any atom is 0.161 e. The lowest BCUT2D eigenvalue weighted by atomic mass is 10.1. The summed E-state index contributed by atoms with van der Waals surface area (Å²) in [6, 6.07) is 7.08. The van der Waals surface area contributed by atoms with E-state index in [1.54, 1.807) is 0 Å². The van der Waals surface area contributed by atoms with Crippen LogP contribution >= 0.6 is 0 Å². The second-order valence-corrected chi connectivity index (χ2v) is 4.81. The van der Waals surface area contributed by atoms with Crippen LogP contribution in [0.4, 0.5) is 0 Å². The Bertz CT molecular complexity index is 388. The van der Waals surface area contributed by atoms with Crippen molar-refractivity contribution >= 4 is 0 Å². The summed E-state index contributed by atoms with van der Waals surface area (Å²) in [6.45, 7) is 2.58. The summed E-state index contributed by atoms with van der Waals surface area (Å²) in [5.74, 6) is 1.80. The van der Waals surface area contributed by atoms with E-state index in [0.29, 0.717) is 0 Å². The Hall–Kier alpha value is -1.22. The van der Waals surface area contributed by atoms with E-state index >= 15 is 0 Å². The van der Waals surface area contributed by atoms with Gasteiger partial charge in [0.25, 0.3) is 0 Å². The third-order valence-corrected chi connectivity index (χ3v) is 3.24. The molecule has 0 amide bonds. The van der Waals surface area contributed by atoms with Crippen molar-refractivity contribution in [3.05, 3.63) is 23.8 Å². The first-order valence-electron chi connectivity index (χ1n) is 6.54. The Labute approximate surface area is 102 Å². The molecule has 3 rings (SSSR count). The lowest BCUT2D eigenvalue weighted by Crippen LogP contribution is -2.19. The maximum absolute atomic E-state index is 5.68. The highest BCUT2D eigenvalue weighted by molar-refractivity contribution is 5.43. The summed E-state index contributed by atoms with van der Waals surface area (Å²) in [5.41, 5.74) is 1.32. The molecule has 1 N–H and O–H groups in total. The van der Waals surface area contributed by atoms with E-state index in [1.807, 2.05) is 6.07 Å². The Morgan fingerprint density at radius 2 is 1.94 bits per heavy atom. The summed E-state index contributed by atoms with van der Waals surface area (Å²) in [4.78, 5) is 0. The van der Waals surface area contributed by atoms with E-state index in [0.717, 1.165) is 50.1 Å². The summed E-state index contributed by atoms with van der Waals surface area (Å²) >= 11 is 0. The van der Waals surface area contributed by atoms with Crippen LogP contribution in [0, 0.1) is 0 Å². The minimum atomic E-state index is 0.760. The normalized spacial score (nSPS) is 18.8. The minimum absolute atomic E-state index is 0.760. The number of fused-ring (bicyclic) bond motifs is 1. The molecule has 1 saturated carbocycles. The van der Waals surface area contributed by atoms with Crippen molar-refractivity contribution in [2.75, 3.05) is 19.8 Å². The zero-order valence-corrected chi connectivity index (χ0v) is 10.1. The Kier molecular flexibility index (Phi) is 3.18. The van der Waals surface area contributed by atoms with Crippen molar-refractivity contribution in [3.63, 3.8) is 0 Å². The number of benzene rings is 1. The molecule has 1 fully saturated rings. The van der Waals surface area contributed by atoms with E-state index < -0.39 is 0 Å². The molecule has 1 aliphatic carbocycles. The van der Waals surface area contributed by atoms with Gasteiger partial charge in [-0.25, -0.2) is 0 Å². The zero-order chi connectivity index (χ0) is 11.5. The number of hydrogen-bond acceptors (Lipinski definition) is 3. The third-order valence-electron chi connectivity index (χ3n) is 3.24. The van der Waals surface area contributed by atoms with Crippen LogP contribution in [-0.4, -0.2) is 25.8 Å². The van der Waals surface area contributed by atoms with Gasteiger partial charge in [-0.05, 0) is 43.5 Å². The smallest absolute Gasteiger partial charge is 0.161 e. The molecule has 1 heterocycles. The Balaban J connectivity index is 1.62. The number of hydrogen-bond donors (Lipinski definition) is 1. The molecule has 17 heavy (non-hydrogen) atoms. The molecule has 92 valence electrons. The lowest BCUT2D eigenvalue weighted by molar-refractivity contribution is 0.297. The van der Waals surface area contributed by atoms with Crippen molar-refractivity contribution in [2.45, 2.75) is 31.7 Å². The first-order valence-corrected chi connectivity index (χ1v) is 6.54. The molecular weight excluding hydrogens is 214 g/mol. The standard InChI is InChI=1S/C14H19NO2/c1-8-16-13-5-2-11(10-14(13)17-9-1)6-7-15-12-3-4-12/h2,5,10,12,15H,1,3-4,6-9H2. The van der Waals surface area contributed by atoms with Gasteiger partial charge in [0.05, 0.1) is 13.2 Å². The van der Waals surface area contributed by atoms with Gasteiger partial charge in [0.2, 0.25) is 0 Å². The number of ether oxygens (including phenoxy) is 2. The van der Waals surface area contributed by atoms with Crippen LogP contribution < -0.4 is 14.8 Å². The highest BCUT2D eigenvalue weighted by Crippen LogP contribution is 2.30. The van der Waals surface area contributed by atoms with Gasteiger partial charge in [0.15, 0.2) is 11.5 Å². The quantitative estimate of drug-likeness (QED) is 0.864. The summed E-state index contributed by atoms with van der Waals surface area (Å²) in [6.07, 6.45) is 4.72.